The summed E-state index contributed by atoms with van der Waals surface area (Å²) in [7, 11) is 1.79. The van der Waals surface area contributed by atoms with Crippen molar-refractivity contribution in [3.05, 3.63) is 29.3 Å². The quantitative estimate of drug-likeness (QED) is 0.486. The Kier molecular flexibility index (Phi) is 1.96. The number of fused-ring (bicyclic) bond motifs is 1. The van der Waals surface area contributed by atoms with Crippen molar-refractivity contribution in [2.24, 2.45) is 0 Å². The highest BCUT2D eigenvalue weighted by molar-refractivity contribution is 5.46. The average molecular weight is 180 g/mol. The molecule has 0 aromatic heterocycles. The third-order valence-electron chi connectivity index (χ3n) is 2.55. The molecule has 13 heavy (non-hydrogen) atoms. The van der Waals surface area contributed by atoms with Gasteiger partial charge in [0.1, 0.15) is 0 Å². The normalized spacial score (nSPS) is 22.8. The molecule has 2 rings (SSSR count). The Morgan fingerprint density at radius 1 is 1.54 bits per heavy atom. The summed E-state index contributed by atoms with van der Waals surface area (Å²) >= 11 is 0. The molecule has 2 nitrogen and oxygen atoms in total. The molecule has 0 fully saturated rings. The van der Waals surface area contributed by atoms with E-state index in [1.54, 1.807) is 18.0 Å². The maximum absolute atomic E-state index is 13.6. The first-order chi connectivity index (χ1) is 6.18. The molecule has 0 spiro atoms. The van der Waals surface area contributed by atoms with Gasteiger partial charge in [0.15, 0.2) is 6.30 Å². The van der Waals surface area contributed by atoms with Crippen molar-refractivity contribution in [1.29, 1.82) is 0 Å². The number of nitrogens with two attached hydrogens (primary N) is 1. The van der Waals surface area contributed by atoms with Crippen molar-refractivity contribution in [2.75, 3.05) is 19.3 Å². The van der Waals surface area contributed by atoms with E-state index in [2.05, 4.69) is 0 Å². The van der Waals surface area contributed by atoms with Crippen LogP contribution in [0, 0.1) is 0 Å². The molecule has 1 aromatic carbocycles. The van der Waals surface area contributed by atoms with Gasteiger partial charge in [-0.15, -0.1) is 0 Å². The molecule has 0 amide bonds. The van der Waals surface area contributed by atoms with E-state index in [0.717, 1.165) is 24.1 Å². The van der Waals surface area contributed by atoms with Gasteiger partial charge in [-0.2, -0.15) is 0 Å². The summed E-state index contributed by atoms with van der Waals surface area (Å²) in [4.78, 5) is 1.70. The van der Waals surface area contributed by atoms with E-state index < -0.39 is 6.30 Å². The summed E-state index contributed by atoms with van der Waals surface area (Å²) in [5, 5.41) is 0. The Morgan fingerprint density at radius 3 is 3.08 bits per heavy atom. The van der Waals surface area contributed by atoms with Crippen LogP contribution in [0.25, 0.3) is 0 Å². The van der Waals surface area contributed by atoms with E-state index in [-0.39, 0.29) is 0 Å². The van der Waals surface area contributed by atoms with Crippen LogP contribution in [0.3, 0.4) is 0 Å². The number of rotatable bonds is 0. The van der Waals surface area contributed by atoms with Crippen LogP contribution in [0.2, 0.25) is 0 Å². The SMILES string of the molecule is CN1CCc2ccc(N)cc2C1F. The molecule has 0 bridgehead atoms. The third-order valence-corrected chi connectivity index (χ3v) is 2.55. The van der Waals surface area contributed by atoms with Crippen LogP contribution in [0.4, 0.5) is 10.1 Å². The lowest BCUT2D eigenvalue weighted by molar-refractivity contribution is 0.1000. The number of hydrogen-bond acceptors (Lipinski definition) is 2. The number of halogens is 1. The molecule has 0 saturated carbocycles. The maximum atomic E-state index is 13.6. The van der Waals surface area contributed by atoms with Crippen molar-refractivity contribution in [1.82, 2.24) is 4.90 Å². The molecule has 0 saturated heterocycles. The fraction of sp³-hybridized carbons (Fsp3) is 0.400. The Morgan fingerprint density at radius 2 is 2.31 bits per heavy atom. The number of hydrogen-bond donors (Lipinski definition) is 1. The van der Waals surface area contributed by atoms with Gasteiger partial charge in [0.2, 0.25) is 0 Å². The second-order valence-electron chi connectivity index (χ2n) is 3.52. The summed E-state index contributed by atoms with van der Waals surface area (Å²) in [6, 6.07) is 5.48. The summed E-state index contributed by atoms with van der Waals surface area (Å²) < 4.78 is 13.6. The third kappa shape index (κ3) is 1.40. The second-order valence-corrected chi connectivity index (χ2v) is 3.52. The van der Waals surface area contributed by atoms with Crippen molar-refractivity contribution >= 4 is 5.69 Å². The molecular formula is C10H13FN2. The van der Waals surface area contributed by atoms with E-state index in [4.69, 9.17) is 5.73 Å². The zero-order chi connectivity index (χ0) is 9.42. The van der Waals surface area contributed by atoms with E-state index in [1.807, 2.05) is 12.1 Å². The molecule has 0 aliphatic carbocycles. The van der Waals surface area contributed by atoms with E-state index >= 15 is 0 Å². The minimum Gasteiger partial charge on any atom is -0.399 e. The highest BCUT2D eigenvalue weighted by Crippen LogP contribution is 2.30. The molecule has 1 aliphatic heterocycles. The number of nitrogen functional groups attached to an aromatic ring is 1. The summed E-state index contributed by atoms with van der Waals surface area (Å²) in [5.74, 6) is 0. The maximum Gasteiger partial charge on any atom is 0.179 e. The van der Waals surface area contributed by atoms with Gasteiger partial charge < -0.3 is 5.73 Å². The van der Waals surface area contributed by atoms with Gasteiger partial charge in [-0.25, -0.2) is 4.39 Å². The van der Waals surface area contributed by atoms with Gasteiger partial charge >= 0.3 is 0 Å². The monoisotopic (exact) mass is 180 g/mol. The largest absolute Gasteiger partial charge is 0.399 e. The van der Waals surface area contributed by atoms with Gasteiger partial charge in [-0.05, 0) is 31.2 Å². The number of benzene rings is 1. The first-order valence-corrected chi connectivity index (χ1v) is 4.41. The van der Waals surface area contributed by atoms with Crippen LogP contribution in [0.5, 0.6) is 0 Å². The van der Waals surface area contributed by atoms with Crippen molar-refractivity contribution in [3.8, 4) is 0 Å². The average Bonchev–Trinajstić information content (AvgIpc) is 2.12. The van der Waals surface area contributed by atoms with Gasteiger partial charge in [-0.3, -0.25) is 4.90 Å². The summed E-state index contributed by atoms with van der Waals surface area (Å²) in [5.41, 5.74) is 8.05. The van der Waals surface area contributed by atoms with Gasteiger partial charge in [0.25, 0.3) is 0 Å². The lowest BCUT2D eigenvalue weighted by Crippen LogP contribution is -2.29. The number of nitrogens with zero attached hydrogens (tertiary/aromatic N) is 1. The van der Waals surface area contributed by atoms with E-state index in [9.17, 15) is 4.39 Å². The summed E-state index contributed by atoms with van der Waals surface area (Å²) in [6.07, 6.45) is -0.0840. The fourth-order valence-electron chi connectivity index (χ4n) is 1.71. The smallest absolute Gasteiger partial charge is 0.179 e. The molecule has 1 heterocycles. The fourth-order valence-corrected chi connectivity index (χ4v) is 1.71. The van der Waals surface area contributed by atoms with Gasteiger partial charge in [-0.1, -0.05) is 6.07 Å². The second kappa shape index (κ2) is 3.00. The van der Waals surface area contributed by atoms with Crippen LogP contribution in [0.15, 0.2) is 18.2 Å². The first kappa shape index (κ1) is 8.51. The number of likely N-dealkylation sites (N-methyl/N-ethyl adjacent to an activating group) is 1. The highest BCUT2D eigenvalue weighted by atomic mass is 19.1. The van der Waals surface area contributed by atoms with E-state index in [0.29, 0.717) is 5.69 Å². The first-order valence-electron chi connectivity index (χ1n) is 4.41. The summed E-state index contributed by atoms with van der Waals surface area (Å²) in [6.45, 7) is 0.776. The lowest BCUT2D eigenvalue weighted by atomic mass is 9.99. The molecule has 3 heteroatoms. The Bertz CT molecular complexity index is 325. The van der Waals surface area contributed by atoms with Crippen LogP contribution in [0.1, 0.15) is 17.4 Å². The number of anilines is 1. The number of alkyl halides is 1. The van der Waals surface area contributed by atoms with Crippen molar-refractivity contribution in [3.63, 3.8) is 0 Å². The minimum absolute atomic E-state index is 0.636. The Balaban J connectivity index is 2.45. The van der Waals surface area contributed by atoms with Crippen molar-refractivity contribution in [2.45, 2.75) is 12.7 Å². The minimum atomic E-state index is -0.993. The van der Waals surface area contributed by atoms with Crippen LogP contribution in [-0.4, -0.2) is 18.5 Å². The molecular weight excluding hydrogens is 167 g/mol. The van der Waals surface area contributed by atoms with Crippen LogP contribution in [-0.2, 0) is 6.42 Å². The lowest BCUT2D eigenvalue weighted by Gasteiger charge is -2.29. The highest BCUT2D eigenvalue weighted by Gasteiger charge is 2.23. The van der Waals surface area contributed by atoms with Crippen molar-refractivity contribution < 1.29 is 4.39 Å². The zero-order valence-corrected chi connectivity index (χ0v) is 7.63. The predicted octanol–water partition coefficient (Wildman–Crippen LogP) is 1.72. The Hall–Kier alpha value is -1.09. The van der Waals surface area contributed by atoms with Gasteiger partial charge in [0.05, 0.1) is 0 Å². The predicted molar refractivity (Wildman–Crippen MR) is 51.0 cm³/mol. The standard InChI is InChI=1S/C10H13FN2/c1-13-5-4-7-2-3-8(12)6-9(7)10(13)11/h2-3,6,10H,4-5,12H2,1H3. The van der Waals surface area contributed by atoms with Gasteiger partial charge in [0, 0.05) is 17.8 Å². The van der Waals surface area contributed by atoms with E-state index in [1.165, 1.54) is 0 Å². The topological polar surface area (TPSA) is 29.3 Å². The molecule has 70 valence electrons. The molecule has 1 atom stereocenters. The zero-order valence-electron chi connectivity index (χ0n) is 7.63. The molecule has 0 radical (unpaired) electrons. The molecule has 2 N–H and O–H groups in total. The van der Waals surface area contributed by atoms with Crippen LogP contribution >= 0.6 is 0 Å². The molecule has 1 aliphatic rings. The molecule has 1 aromatic rings. The van der Waals surface area contributed by atoms with Crippen LogP contribution < -0.4 is 5.73 Å². The Labute approximate surface area is 77.2 Å². The molecule has 1 unspecified atom stereocenters.